The highest BCUT2D eigenvalue weighted by Crippen LogP contribution is 2.19. The van der Waals surface area contributed by atoms with Gasteiger partial charge in [-0.2, -0.15) is 0 Å². The molecule has 166 valence electrons. The SMILES string of the molecule is CC(=O)Nc1ccc(Nc2ccc(OCC(O)CNC(C)C)cc2)c(=O)cc1.Cl.Cl. The van der Waals surface area contributed by atoms with Crippen molar-refractivity contribution in [3.05, 3.63) is 58.8 Å². The summed E-state index contributed by atoms with van der Waals surface area (Å²) in [6.07, 6.45) is -0.592. The Morgan fingerprint density at radius 3 is 2.20 bits per heavy atom. The smallest absolute Gasteiger partial charge is 0.221 e. The number of benzene rings is 1. The number of aliphatic hydroxyl groups is 1. The maximum absolute atomic E-state index is 12.2. The lowest BCUT2D eigenvalue weighted by atomic mass is 10.3. The molecule has 9 heteroatoms. The molecule has 0 aliphatic carbocycles. The maximum atomic E-state index is 12.2. The Morgan fingerprint density at radius 1 is 1.00 bits per heavy atom. The third kappa shape index (κ3) is 9.93. The highest BCUT2D eigenvalue weighted by Gasteiger charge is 2.06. The van der Waals surface area contributed by atoms with Crippen LogP contribution in [-0.4, -0.2) is 36.3 Å². The fourth-order valence-corrected chi connectivity index (χ4v) is 2.37. The second kappa shape index (κ2) is 13.8. The molecular weight excluding hydrogens is 429 g/mol. The average Bonchev–Trinajstić information content (AvgIpc) is 2.81. The number of ether oxygens (including phenoxy) is 1. The fraction of sp³-hybridized carbons (Fsp3) is 0.333. The number of aliphatic hydroxyl groups excluding tert-OH is 1. The highest BCUT2D eigenvalue weighted by molar-refractivity contribution is 5.88. The maximum Gasteiger partial charge on any atom is 0.221 e. The summed E-state index contributed by atoms with van der Waals surface area (Å²) in [5.74, 6) is 0.428. The first-order valence-electron chi connectivity index (χ1n) is 9.17. The van der Waals surface area contributed by atoms with Gasteiger partial charge in [0, 0.05) is 30.9 Å². The molecule has 2 aromatic rings. The summed E-state index contributed by atoms with van der Waals surface area (Å²) < 4.78 is 5.58. The van der Waals surface area contributed by atoms with Crippen LogP contribution in [0.25, 0.3) is 0 Å². The number of amides is 1. The number of nitrogens with one attached hydrogen (secondary N) is 3. The van der Waals surface area contributed by atoms with Crippen molar-refractivity contribution in [3.63, 3.8) is 0 Å². The average molecular weight is 458 g/mol. The molecule has 0 saturated carbocycles. The van der Waals surface area contributed by atoms with Crippen LogP contribution in [0.5, 0.6) is 5.75 Å². The van der Waals surface area contributed by atoms with Crippen LogP contribution in [0.1, 0.15) is 20.8 Å². The molecule has 30 heavy (non-hydrogen) atoms. The molecule has 0 heterocycles. The van der Waals surface area contributed by atoms with E-state index in [9.17, 15) is 14.7 Å². The third-order valence-corrected chi connectivity index (χ3v) is 3.77. The third-order valence-electron chi connectivity index (χ3n) is 3.77. The Labute approximate surface area is 189 Å². The molecule has 1 unspecified atom stereocenters. The summed E-state index contributed by atoms with van der Waals surface area (Å²) in [7, 11) is 0. The predicted octanol–water partition coefficient (Wildman–Crippen LogP) is 3.33. The van der Waals surface area contributed by atoms with Crippen LogP contribution in [0.2, 0.25) is 0 Å². The number of rotatable bonds is 9. The molecule has 0 fully saturated rings. The zero-order chi connectivity index (χ0) is 20.5. The Hall–Kier alpha value is -2.32. The summed E-state index contributed by atoms with van der Waals surface area (Å²) in [6.45, 7) is 6.10. The largest absolute Gasteiger partial charge is 0.491 e. The van der Waals surface area contributed by atoms with Gasteiger partial charge in [-0.05, 0) is 48.5 Å². The summed E-state index contributed by atoms with van der Waals surface area (Å²) in [5, 5.41) is 18.7. The van der Waals surface area contributed by atoms with Gasteiger partial charge in [0.1, 0.15) is 18.5 Å². The second-order valence-corrected chi connectivity index (χ2v) is 6.76. The molecule has 0 aromatic heterocycles. The second-order valence-electron chi connectivity index (χ2n) is 6.76. The van der Waals surface area contributed by atoms with Crippen molar-refractivity contribution in [2.45, 2.75) is 32.9 Å². The van der Waals surface area contributed by atoms with E-state index in [1.54, 1.807) is 42.5 Å². The van der Waals surface area contributed by atoms with E-state index in [1.165, 1.54) is 13.0 Å². The van der Waals surface area contributed by atoms with Crippen molar-refractivity contribution < 1.29 is 14.6 Å². The van der Waals surface area contributed by atoms with Crippen molar-refractivity contribution in [2.75, 3.05) is 23.8 Å². The van der Waals surface area contributed by atoms with Gasteiger partial charge in [0.15, 0.2) is 0 Å². The molecule has 2 aromatic carbocycles. The van der Waals surface area contributed by atoms with Crippen molar-refractivity contribution in [2.24, 2.45) is 0 Å². The highest BCUT2D eigenvalue weighted by atomic mass is 35.5. The molecule has 1 atom stereocenters. The van der Waals surface area contributed by atoms with E-state index in [0.29, 0.717) is 29.7 Å². The molecule has 4 N–H and O–H groups in total. The van der Waals surface area contributed by atoms with Gasteiger partial charge >= 0.3 is 0 Å². The standard InChI is InChI=1S/C21H27N3O4.2ClH/c1-14(2)22-12-18(26)13-28-19-8-4-17(5-9-19)24-20-10-6-16(23-15(3)25)7-11-21(20)27;;/h4-11,14,18,22,26H,12-13H2,1-3H3,(H,23,25)(H,24,27);2*1H. The van der Waals surface area contributed by atoms with Crippen LogP contribution in [0, 0.1) is 0 Å². The Kier molecular flexibility index (Phi) is 12.8. The van der Waals surface area contributed by atoms with Crippen molar-refractivity contribution in [3.8, 4) is 5.75 Å². The summed E-state index contributed by atoms with van der Waals surface area (Å²) in [5.41, 5.74) is 1.46. The van der Waals surface area contributed by atoms with Crippen LogP contribution in [0.3, 0.4) is 0 Å². The van der Waals surface area contributed by atoms with Gasteiger partial charge in [-0.15, -0.1) is 24.8 Å². The van der Waals surface area contributed by atoms with Crippen LogP contribution < -0.4 is 26.1 Å². The lowest BCUT2D eigenvalue weighted by Gasteiger charge is -2.15. The molecule has 0 aliphatic rings. The molecule has 0 aliphatic heterocycles. The van der Waals surface area contributed by atoms with Crippen molar-refractivity contribution >= 4 is 47.8 Å². The normalized spacial score (nSPS) is 11.0. The predicted molar refractivity (Wildman–Crippen MR) is 126 cm³/mol. The molecule has 0 spiro atoms. The number of halogens is 2. The quantitative estimate of drug-likeness (QED) is 0.460. The number of hydrogen-bond acceptors (Lipinski definition) is 6. The molecule has 1 amide bonds. The van der Waals surface area contributed by atoms with Crippen LogP contribution in [-0.2, 0) is 4.79 Å². The van der Waals surface area contributed by atoms with Gasteiger partial charge in [0.2, 0.25) is 11.3 Å². The summed E-state index contributed by atoms with van der Waals surface area (Å²) in [4.78, 5) is 23.3. The number of carbonyl (C=O) groups excluding carboxylic acids is 1. The van der Waals surface area contributed by atoms with E-state index >= 15 is 0 Å². The summed E-state index contributed by atoms with van der Waals surface area (Å²) >= 11 is 0. The molecule has 0 radical (unpaired) electrons. The lowest BCUT2D eigenvalue weighted by Crippen LogP contribution is -2.35. The van der Waals surface area contributed by atoms with E-state index in [-0.39, 0.29) is 42.8 Å². The van der Waals surface area contributed by atoms with E-state index in [0.717, 1.165) is 5.69 Å². The van der Waals surface area contributed by atoms with Gasteiger partial charge < -0.3 is 25.8 Å². The first-order chi connectivity index (χ1) is 13.3. The number of hydrogen-bond donors (Lipinski definition) is 4. The monoisotopic (exact) mass is 457 g/mol. The topological polar surface area (TPSA) is 99.7 Å². The first kappa shape index (κ1) is 27.7. The van der Waals surface area contributed by atoms with Gasteiger partial charge in [-0.1, -0.05) is 13.8 Å². The van der Waals surface area contributed by atoms with E-state index in [2.05, 4.69) is 16.0 Å². The van der Waals surface area contributed by atoms with E-state index in [1.807, 2.05) is 13.8 Å². The first-order valence-corrected chi connectivity index (χ1v) is 9.17. The van der Waals surface area contributed by atoms with Crippen LogP contribution in [0.15, 0.2) is 53.3 Å². The van der Waals surface area contributed by atoms with Crippen LogP contribution in [0.4, 0.5) is 17.1 Å². The van der Waals surface area contributed by atoms with Crippen molar-refractivity contribution in [1.82, 2.24) is 5.32 Å². The number of carbonyl (C=O) groups is 1. The van der Waals surface area contributed by atoms with Crippen LogP contribution >= 0.6 is 24.8 Å². The minimum Gasteiger partial charge on any atom is -0.491 e. The van der Waals surface area contributed by atoms with E-state index in [4.69, 9.17) is 4.74 Å². The Balaban J connectivity index is 0.00000420. The van der Waals surface area contributed by atoms with E-state index < -0.39 is 6.10 Å². The zero-order valence-electron chi connectivity index (χ0n) is 17.2. The Morgan fingerprint density at radius 2 is 1.60 bits per heavy atom. The fourth-order valence-electron chi connectivity index (χ4n) is 2.37. The molecule has 7 nitrogen and oxygen atoms in total. The van der Waals surface area contributed by atoms with Gasteiger partial charge in [-0.25, -0.2) is 0 Å². The Bertz CT molecular complexity index is 848. The molecule has 2 rings (SSSR count). The summed E-state index contributed by atoms with van der Waals surface area (Å²) in [6, 6.07) is 13.7. The number of anilines is 3. The van der Waals surface area contributed by atoms with Crippen molar-refractivity contribution in [1.29, 1.82) is 0 Å². The van der Waals surface area contributed by atoms with Gasteiger partial charge in [0.05, 0.1) is 5.69 Å². The molecular formula is C21H29Cl2N3O4. The minimum atomic E-state index is -0.592. The lowest BCUT2D eigenvalue weighted by molar-refractivity contribution is -0.114. The zero-order valence-corrected chi connectivity index (χ0v) is 18.8. The molecule has 0 saturated heterocycles. The minimum absolute atomic E-state index is 0. The van der Waals surface area contributed by atoms with Gasteiger partial charge in [0.25, 0.3) is 0 Å². The van der Waals surface area contributed by atoms with Gasteiger partial charge in [-0.3, -0.25) is 9.59 Å². The molecule has 0 bridgehead atoms.